The Morgan fingerprint density at radius 2 is 1.00 bits per heavy atom. The Bertz CT molecular complexity index is 1810. The van der Waals surface area contributed by atoms with Crippen molar-refractivity contribution < 1.29 is 52.7 Å². The zero-order valence-electron chi connectivity index (χ0n) is 26.8. The minimum atomic E-state index is -1.76. The number of ether oxygens (including phenoxy) is 6. The summed E-state index contributed by atoms with van der Waals surface area (Å²) in [6, 6.07) is 32.1. The van der Waals surface area contributed by atoms with Crippen LogP contribution in [0.25, 0.3) is 0 Å². The molecule has 0 amide bonds. The van der Waals surface area contributed by atoms with Crippen LogP contribution in [0, 0.1) is 0 Å². The van der Waals surface area contributed by atoms with Crippen LogP contribution in [0.15, 0.2) is 121 Å². The molecule has 4 aromatic rings. The highest BCUT2D eigenvalue weighted by Gasteiger charge is 2.59. The van der Waals surface area contributed by atoms with Crippen LogP contribution in [0.3, 0.4) is 0 Å². The number of rotatable bonds is 11. The van der Waals surface area contributed by atoms with Crippen molar-refractivity contribution in [1.82, 2.24) is 0 Å². The third-order valence-electron chi connectivity index (χ3n) is 8.35. The predicted molar refractivity (Wildman–Crippen MR) is 182 cm³/mol. The lowest BCUT2D eigenvalue weighted by molar-refractivity contribution is -0.318. The Balaban J connectivity index is 1.40. The van der Waals surface area contributed by atoms with E-state index in [4.69, 9.17) is 51.6 Å². The Hall–Kier alpha value is -4.78. The zero-order chi connectivity index (χ0) is 36.0. The largest absolute Gasteiger partial charge is 0.459 e. The number of halogens is 2. The molecule has 2 fully saturated rings. The second-order valence-electron chi connectivity index (χ2n) is 11.8. The van der Waals surface area contributed by atoms with Gasteiger partial charge in [0.25, 0.3) is 0 Å². The molecule has 1 aliphatic carbocycles. The van der Waals surface area contributed by atoms with Gasteiger partial charge in [0.1, 0.15) is 12.7 Å². The van der Waals surface area contributed by atoms with Gasteiger partial charge in [0.2, 0.25) is 0 Å². The molecule has 1 N–H and O–H groups in total. The Morgan fingerprint density at radius 1 is 0.608 bits per heavy atom. The molecule has 2 aliphatic rings. The second-order valence-corrected chi connectivity index (χ2v) is 13.2. The number of hydrogen-bond donors (Lipinski definition) is 1. The lowest BCUT2D eigenvalue weighted by Gasteiger charge is -2.49. The van der Waals surface area contributed by atoms with Crippen molar-refractivity contribution in [1.29, 1.82) is 0 Å². The van der Waals surface area contributed by atoms with E-state index in [2.05, 4.69) is 0 Å². The van der Waals surface area contributed by atoms with Gasteiger partial charge in [-0.05, 0) is 48.5 Å². The molecule has 1 aliphatic heterocycles. The SMILES string of the molecule is O=C(OC[C@H]1O[C@@H](O[C@H]2C[C@@H](O)C2(Cl)Cl)[C@H](OC(=O)c2ccccc2)[C@@H](OC(=O)c2ccccc2)[C@@H]1OC(=O)c1ccccc1)c1ccccc1. The van der Waals surface area contributed by atoms with Gasteiger partial charge in [-0.1, -0.05) is 96.0 Å². The Morgan fingerprint density at radius 3 is 1.41 bits per heavy atom. The molecule has 0 bridgehead atoms. The fourth-order valence-corrected chi connectivity index (χ4v) is 5.98. The minimum absolute atomic E-state index is 0.0131. The van der Waals surface area contributed by atoms with E-state index in [-0.39, 0.29) is 28.7 Å². The lowest BCUT2D eigenvalue weighted by atomic mass is 9.90. The van der Waals surface area contributed by atoms with E-state index in [0.29, 0.717) is 0 Å². The van der Waals surface area contributed by atoms with Crippen LogP contribution >= 0.6 is 23.2 Å². The first-order chi connectivity index (χ1) is 24.6. The maximum absolute atomic E-state index is 13.7. The summed E-state index contributed by atoms with van der Waals surface area (Å²) in [4.78, 5) is 53.9. The number of aliphatic hydroxyl groups excluding tert-OH is 1. The van der Waals surface area contributed by atoms with Crippen LogP contribution < -0.4 is 0 Å². The van der Waals surface area contributed by atoms with Gasteiger partial charge in [0.15, 0.2) is 28.9 Å². The molecule has 1 saturated heterocycles. The molecule has 1 heterocycles. The predicted octanol–water partition coefficient (Wildman–Crippen LogP) is 5.57. The van der Waals surface area contributed by atoms with Crippen molar-refractivity contribution in [2.24, 2.45) is 0 Å². The highest BCUT2D eigenvalue weighted by atomic mass is 35.5. The molecule has 0 aromatic heterocycles. The molecule has 6 rings (SSSR count). The first-order valence-corrected chi connectivity index (χ1v) is 16.7. The summed E-state index contributed by atoms with van der Waals surface area (Å²) < 4.78 is 34.2. The average molecular weight is 736 g/mol. The molecule has 1 saturated carbocycles. The minimum Gasteiger partial charge on any atom is -0.459 e. The number of esters is 4. The average Bonchev–Trinajstić information content (AvgIpc) is 3.17. The highest BCUT2D eigenvalue weighted by molar-refractivity contribution is 6.50. The fraction of sp³-hybridized carbons (Fsp3) is 0.263. The van der Waals surface area contributed by atoms with Crippen molar-refractivity contribution >= 4 is 47.1 Å². The smallest absolute Gasteiger partial charge is 0.338 e. The van der Waals surface area contributed by atoms with Gasteiger partial charge in [-0.25, -0.2) is 19.2 Å². The topological polar surface area (TPSA) is 144 Å². The van der Waals surface area contributed by atoms with Crippen LogP contribution in [0.5, 0.6) is 0 Å². The van der Waals surface area contributed by atoms with Crippen molar-refractivity contribution in [2.45, 2.75) is 53.7 Å². The van der Waals surface area contributed by atoms with E-state index in [0.717, 1.165) is 0 Å². The molecular weight excluding hydrogens is 703 g/mol. The van der Waals surface area contributed by atoms with E-state index in [1.807, 2.05) is 0 Å². The third-order valence-corrected chi connectivity index (χ3v) is 9.34. The Kier molecular flexibility index (Phi) is 11.3. The summed E-state index contributed by atoms with van der Waals surface area (Å²) in [6.07, 6.45) is -9.90. The van der Waals surface area contributed by atoms with Crippen LogP contribution in [0.4, 0.5) is 0 Å². The van der Waals surface area contributed by atoms with Gasteiger partial charge in [-0.15, -0.1) is 0 Å². The maximum Gasteiger partial charge on any atom is 0.338 e. The molecule has 0 radical (unpaired) electrons. The van der Waals surface area contributed by atoms with E-state index in [1.165, 1.54) is 36.4 Å². The van der Waals surface area contributed by atoms with Crippen molar-refractivity contribution in [3.05, 3.63) is 144 Å². The number of carbonyl (C=O) groups is 4. The van der Waals surface area contributed by atoms with E-state index < -0.39 is 77.7 Å². The summed E-state index contributed by atoms with van der Waals surface area (Å²) in [5.41, 5.74) is 0.666. The summed E-state index contributed by atoms with van der Waals surface area (Å²) >= 11 is 12.7. The quantitative estimate of drug-likeness (QED) is 0.117. The Labute approximate surface area is 302 Å². The van der Waals surface area contributed by atoms with Gasteiger partial charge in [0, 0.05) is 6.42 Å². The summed E-state index contributed by atoms with van der Waals surface area (Å²) in [5.74, 6) is -3.26. The van der Waals surface area contributed by atoms with E-state index in [9.17, 15) is 24.3 Å². The van der Waals surface area contributed by atoms with E-state index in [1.54, 1.807) is 84.9 Å². The first-order valence-electron chi connectivity index (χ1n) is 16.0. The maximum atomic E-state index is 13.7. The number of aliphatic hydroxyl groups is 1. The normalized spacial score (nSPS) is 25.0. The van der Waals surface area contributed by atoms with Gasteiger partial charge in [-0.2, -0.15) is 0 Å². The van der Waals surface area contributed by atoms with Crippen molar-refractivity contribution in [3.63, 3.8) is 0 Å². The third kappa shape index (κ3) is 8.41. The number of hydrogen-bond acceptors (Lipinski definition) is 11. The van der Waals surface area contributed by atoms with Gasteiger partial charge >= 0.3 is 23.9 Å². The molecule has 4 aromatic carbocycles. The standard InChI is InChI=1S/C38H32Cl2O11/c39-38(40)28(41)21-29(38)48-37-32(51-36(45)26-19-11-4-12-20-26)31(50-35(44)25-17-9-3-10-18-25)30(49-34(43)24-15-7-2-8-16-24)27(47-37)22-46-33(42)23-13-5-1-6-14-23/h1-20,27-32,37,41H,21-22H2/t27-,28-,29+,30-,31+,32-,37+/m1/s1. The van der Waals surface area contributed by atoms with Crippen molar-refractivity contribution in [2.75, 3.05) is 6.61 Å². The summed E-state index contributed by atoms with van der Waals surface area (Å²) in [7, 11) is 0. The lowest BCUT2D eigenvalue weighted by Crippen LogP contribution is -2.66. The molecule has 51 heavy (non-hydrogen) atoms. The molecule has 7 atom stereocenters. The molecule has 13 heteroatoms. The van der Waals surface area contributed by atoms with Crippen LogP contribution in [-0.4, -0.2) is 82.8 Å². The number of benzene rings is 4. The molecule has 0 spiro atoms. The summed E-state index contributed by atoms with van der Waals surface area (Å²) in [6.45, 7) is -0.529. The summed E-state index contributed by atoms with van der Waals surface area (Å²) in [5, 5.41) is 10.2. The van der Waals surface area contributed by atoms with E-state index >= 15 is 0 Å². The van der Waals surface area contributed by atoms with Crippen LogP contribution in [-0.2, 0) is 28.4 Å². The number of alkyl halides is 2. The van der Waals surface area contributed by atoms with Crippen LogP contribution in [0.2, 0.25) is 0 Å². The highest BCUT2D eigenvalue weighted by Crippen LogP contribution is 2.46. The van der Waals surface area contributed by atoms with Gasteiger partial charge in [0.05, 0.1) is 34.5 Å². The molecule has 0 unspecified atom stereocenters. The fourth-order valence-electron chi connectivity index (χ4n) is 5.52. The zero-order valence-corrected chi connectivity index (χ0v) is 28.3. The monoisotopic (exact) mass is 734 g/mol. The molecular formula is C38H32Cl2O11. The van der Waals surface area contributed by atoms with Gasteiger partial charge < -0.3 is 33.5 Å². The second kappa shape index (κ2) is 16.1. The molecule has 11 nitrogen and oxygen atoms in total. The van der Waals surface area contributed by atoms with Gasteiger partial charge in [-0.3, -0.25) is 0 Å². The molecule has 264 valence electrons. The van der Waals surface area contributed by atoms with Crippen molar-refractivity contribution in [3.8, 4) is 0 Å². The number of carbonyl (C=O) groups excluding carboxylic acids is 4. The first kappa shape index (κ1) is 36.0. The van der Waals surface area contributed by atoms with Crippen LogP contribution in [0.1, 0.15) is 47.9 Å².